The zero-order valence-electron chi connectivity index (χ0n) is 14.4. The molecule has 0 bridgehead atoms. The molecule has 25 heavy (non-hydrogen) atoms. The summed E-state index contributed by atoms with van der Waals surface area (Å²) < 4.78 is 30.4. The molecule has 4 rings (SSSR count). The lowest BCUT2D eigenvalue weighted by Gasteiger charge is -2.37. The van der Waals surface area contributed by atoms with Crippen molar-refractivity contribution in [3.63, 3.8) is 0 Å². The van der Waals surface area contributed by atoms with Crippen LogP contribution in [0.5, 0.6) is 0 Å². The van der Waals surface area contributed by atoms with E-state index in [0.29, 0.717) is 13.0 Å². The van der Waals surface area contributed by atoms with E-state index in [-0.39, 0.29) is 29.4 Å². The van der Waals surface area contributed by atoms with Crippen LogP contribution < -0.4 is 0 Å². The highest BCUT2D eigenvalue weighted by Gasteiger charge is 2.45. The molecular formula is C19H23NO4S. The van der Waals surface area contributed by atoms with Gasteiger partial charge < -0.3 is 9.32 Å². The van der Waals surface area contributed by atoms with Crippen molar-refractivity contribution in [2.24, 2.45) is 0 Å². The normalized spacial score (nSPS) is 25.2. The molecule has 6 heteroatoms. The molecular weight excluding hydrogens is 338 g/mol. The Balaban J connectivity index is 1.63. The van der Waals surface area contributed by atoms with Crippen molar-refractivity contribution in [2.75, 3.05) is 12.3 Å². The number of amides is 1. The van der Waals surface area contributed by atoms with Gasteiger partial charge >= 0.3 is 0 Å². The monoisotopic (exact) mass is 361 g/mol. The Morgan fingerprint density at radius 3 is 2.88 bits per heavy atom. The SMILES string of the molecule is CCc1oc2ccccc2c1CC(=O)N1CCS(=O)(=O)C2CCCC21. The van der Waals surface area contributed by atoms with Crippen molar-refractivity contribution in [1.82, 2.24) is 4.90 Å². The minimum Gasteiger partial charge on any atom is -0.461 e. The minimum absolute atomic E-state index is 0.0213. The fraction of sp³-hybridized carbons (Fsp3) is 0.526. The van der Waals surface area contributed by atoms with Gasteiger partial charge in [0.2, 0.25) is 5.91 Å². The Bertz CT molecular complexity index is 915. The molecule has 0 spiro atoms. The van der Waals surface area contributed by atoms with Gasteiger partial charge in [-0.05, 0) is 25.3 Å². The maximum Gasteiger partial charge on any atom is 0.227 e. The first-order valence-corrected chi connectivity index (χ1v) is 10.7. The fourth-order valence-corrected chi connectivity index (χ4v) is 6.46. The topological polar surface area (TPSA) is 67.6 Å². The lowest BCUT2D eigenvalue weighted by atomic mass is 10.0. The highest BCUT2D eigenvalue weighted by Crippen LogP contribution is 2.34. The quantitative estimate of drug-likeness (QED) is 0.843. The van der Waals surface area contributed by atoms with Gasteiger partial charge in [0.05, 0.1) is 17.4 Å². The summed E-state index contributed by atoms with van der Waals surface area (Å²) in [5.74, 6) is 0.961. The van der Waals surface area contributed by atoms with Crippen LogP contribution in [0.4, 0.5) is 0 Å². The van der Waals surface area contributed by atoms with Crippen molar-refractivity contribution < 1.29 is 17.6 Å². The second kappa shape index (κ2) is 6.16. The van der Waals surface area contributed by atoms with E-state index in [1.54, 1.807) is 0 Å². The molecule has 5 nitrogen and oxygen atoms in total. The first-order chi connectivity index (χ1) is 12.0. The standard InChI is InChI=1S/C19H23NO4S/c1-2-16-14(13-6-3-4-8-17(13)24-16)12-19(21)20-10-11-25(22,23)18-9-5-7-15(18)20/h3-4,6,8,15,18H,2,5,7,9-12H2,1H3. The number of hydrogen-bond acceptors (Lipinski definition) is 4. The number of carbonyl (C=O) groups excluding carboxylic acids is 1. The summed E-state index contributed by atoms with van der Waals surface area (Å²) in [4.78, 5) is 14.8. The molecule has 2 atom stereocenters. The molecule has 1 saturated carbocycles. The van der Waals surface area contributed by atoms with E-state index in [1.807, 2.05) is 36.1 Å². The first kappa shape index (κ1) is 16.6. The maximum atomic E-state index is 13.0. The Kier molecular flexibility index (Phi) is 4.10. The van der Waals surface area contributed by atoms with E-state index < -0.39 is 9.84 Å². The molecule has 0 N–H and O–H groups in total. The van der Waals surface area contributed by atoms with Crippen LogP contribution in [0.3, 0.4) is 0 Å². The number of rotatable bonds is 3. The second-order valence-corrected chi connectivity index (χ2v) is 9.36. The molecule has 1 saturated heterocycles. The third kappa shape index (κ3) is 2.76. The molecule has 1 aliphatic carbocycles. The van der Waals surface area contributed by atoms with E-state index in [1.165, 1.54) is 0 Å². The zero-order valence-corrected chi connectivity index (χ0v) is 15.2. The van der Waals surface area contributed by atoms with Crippen LogP contribution in [-0.4, -0.2) is 42.8 Å². The molecule has 1 aromatic heterocycles. The average molecular weight is 361 g/mol. The van der Waals surface area contributed by atoms with E-state index in [4.69, 9.17) is 4.42 Å². The van der Waals surface area contributed by atoms with Gasteiger partial charge in [0.1, 0.15) is 11.3 Å². The number of para-hydroxylation sites is 1. The first-order valence-electron chi connectivity index (χ1n) is 9.01. The zero-order chi connectivity index (χ0) is 17.6. The predicted octanol–water partition coefficient (Wildman–Crippen LogP) is 2.72. The van der Waals surface area contributed by atoms with Crippen molar-refractivity contribution in [3.05, 3.63) is 35.6 Å². The smallest absolute Gasteiger partial charge is 0.227 e. The van der Waals surface area contributed by atoms with Crippen LogP contribution in [-0.2, 0) is 27.5 Å². The number of hydrogen-bond donors (Lipinski definition) is 0. The van der Waals surface area contributed by atoms with E-state index in [2.05, 4.69) is 0 Å². The molecule has 1 aromatic carbocycles. The molecule has 2 aromatic rings. The molecule has 134 valence electrons. The fourth-order valence-electron chi connectivity index (χ4n) is 4.42. The maximum absolute atomic E-state index is 13.0. The predicted molar refractivity (Wildman–Crippen MR) is 96.2 cm³/mol. The van der Waals surface area contributed by atoms with E-state index in [9.17, 15) is 13.2 Å². The van der Waals surface area contributed by atoms with Crippen LogP contribution in [0.15, 0.2) is 28.7 Å². The Morgan fingerprint density at radius 1 is 1.28 bits per heavy atom. The Labute approximate surface area is 147 Å². The molecule has 2 aliphatic rings. The summed E-state index contributed by atoms with van der Waals surface area (Å²) in [7, 11) is -3.05. The summed E-state index contributed by atoms with van der Waals surface area (Å²) >= 11 is 0. The van der Waals surface area contributed by atoms with Gasteiger partial charge in [0.25, 0.3) is 0 Å². The third-order valence-corrected chi connectivity index (χ3v) is 7.87. The highest BCUT2D eigenvalue weighted by atomic mass is 32.2. The van der Waals surface area contributed by atoms with Gasteiger partial charge in [-0.15, -0.1) is 0 Å². The number of fused-ring (bicyclic) bond motifs is 2. The molecule has 1 aliphatic heterocycles. The van der Waals surface area contributed by atoms with Crippen molar-refractivity contribution >= 4 is 26.7 Å². The summed E-state index contributed by atoms with van der Waals surface area (Å²) in [6.45, 7) is 2.34. The summed E-state index contributed by atoms with van der Waals surface area (Å²) in [5, 5.41) is 0.622. The van der Waals surface area contributed by atoms with E-state index in [0.717, 1.165) is 41.6 Å². The summed E-state index contributed by atoms with van der Waals surface area (Å²) in [5.41, 5.74) is 1.76. The molecule has 2 fully saturated rings. The third-order valence-electron chi connectivity index (χ3n) is 5.65. The van der Waals surface area contributed by atoms with Crippen LogP contribution in [0.25, 0.3) is 11.0 Å². The van der Waals surface area contributed by atoms with Crippen LogP contribution in [0, 0.1) is 0 Å². The van der Waals surface area contributed by atoms with Gasteiger partial charge in [-0.2, -0.15) is 0 Å². The summed E-state index contributed by atoms with van der Waals surface area (Å²) in [6, 6.07) is 7.64. The van der Waals surface area contributed by atoms with Crippen molar-refractivity contribution in [3.8, 4) is 0 Å². The number of carbonyl (C=O) groups is 1. The van der Waals surface area contributed by atoms with Crippen LogP contribution in [0.1, 0.15) is 37.5 Å². The largest absolute Gasteiger partial charge is 0.461 e. The second-order valence-electron chi connectivity index (χ2n) is 7.02. The van der Waals surface area contributed by atoms with Crippen molar-refractivity contribution in [1.29, 1.82) is 0 Å². The van der Waals surface area contributed by atoms with Gasteiger partial charge in [-0.25, -0.2) is 8.42 Å². The minimum atomic E-state index is -3.05. The number of furan rings is 1. The Morgan fingerprint density at radius 2 is 2.08 bits per heavy atom. The number of nitrogens with zero attached hydrogens (tertiary/aromatic N) is 1. The highest BCUT2D eigenvalue weighted by molar-refractivity contribution is 7.92. The number of benzene rings is 1. The summed E-state index contributed by atoms with van der Waals surface area (Å²) in [6.07, 6.45) is 3.38. The van der Waals surface area contributed by atoms with Gasteiger partial charge in [0, 0.05) is 30.0 Å². The lowest BCUT2D eigenvalue weighted by Crippen LogP contribution is -2.54. The molecule has 2 unspecified atom stereocenters. The average Bonchev–Trinajstić information content (AvgIpc) is 3.21. The van der Waals surface area contributed by atoms with Crippen LogP contribution >= 0.6 is 0 Å². The lowest BCUT2D eigenvalue weighted by molar-refractivity contribution is -0.132. The van der Waals surface area contributed by atoms with Gasteiger partial charge in [0.15, 0.2) is 9.84 Å². The molecule has 1 amide bonds. The van der Waals surface area contributed by atoms with Crippen LogP contribution in [0.2, 0.25) is 0 Å². The van der Waals surface area contributed by atoms with Gasteiger partial charge in [-0.1, -0.05) is 25.1 Å². The number of aryl methyl sites for hydroxylation is 1. The molecule has 0 radical (unpaired) electrons. The Hall–Kier alpha value is -1.82. The molecule has 2 heterocycles. The van der Waals surface area contributed by atoms with E-state index >= 15 is 0 Å². The van der Waals surface area contributed by atoms with Gasteiger partial charge in [-0.3, -0.25) is 4.79 Å². The van der Waals surface area contributed by atoms with Crippen molar-refractivity contribution in [2.45, 2.75) is 50.3 Å². The number of sulfone groups is 1.